The Hall–Kier alpha value is -3.21. The molecule has 0 radical (unpaired) electrons. The maximum Gasteiger partial charge on any atom is 0.290 e. The molecule has 1 fully saturated rings. The molecule has 1 aliphatic rings. The lowest BCUT2D eigenvalue weighted by Crippen LogP contribution is -2.44. The zero-order valence-corrected chi connectivity index (χ0v) is 19.2. The molecule has 1 atom stereocenters. The lowest BCUT2D eigenvalue weighted by atomic mass is 10.0. The minimum Gasteiger partial charge on any atom is -0.483 e. The number of piperidine rings is 1. The van der Waals surface area contributed by atoms with Gasteiger partial charge in [-0.05, 0) is 38.9 Å². The maximum atomic E-state index is 12.9. The molecule has 3 rings (SSSR count). The number of carbonyl (C=O) groups is 3. The molecule has 32 heavy (non-hydrogen) atoms. The van der Waals surface area contributed by atoms with Crippen LogP contribution < -0.4 is 5.32 Å². The first-order chi connectivity index (χ1) is 15.2. The van der Waals surface area contributed by atoms with Crippen molar-refractivity contribution in [3.05, 3.63) is 36.1 Å². The number of nitrogens with one attached hydrogen (secondary N) is 1. The smallest absolute Gasteiger partial charge is 0.290 e. The van der Waals surface area contributed by atoms with E-state index in [1.807, 2.05) is 20.9 Å². The Morgan fingerprint density at radius 2 is 1.94 bits per heavy atom. The third-order valence-electron chi connectivity index (χ3n) is 5.54. The number of hydrogen-bond donors (Lipinski definition) is 2. The number of aryl methyl sites for hydroxylation is 1. The maximum absolute atomic E-state index is 12.9. The van der Waals surface area contributed by atoms with Gasteiger partial charge in [-0.1, -0.05) is 13.8 Å². The summed E-state index contributed by atoms with van der Waals surface area (Å²) >= 11 is 0. The second-order valence-electron chi connectivity index (χ2n) is 8.18. The van der Waals surface area contributed by atoms with E-state index in [1.165, 1.54) is 6.26 Å². The molecule has 2 aromatic rings. The Bertz CT molecular complexity index is 900. The number of nitrogens with zero attached hydrogens (tertiary/aromatic N) is 5. The van der Waals surface area contributed by atoms with Crippen LogP contribution in [0.5, 0.6) is 0 Å². The molecule has 0 saturated carbocycles. The summed E-state index contributed by atoms with van der Waals surface area (Å²) < 4.78 is 7.25. The zero-order chi connectivity index (χ0) is 23.8. The van der Waals surface area contributed by atoms with E-state index in [-0.39, 0.29) is 35.9 Å². The minimum atomic E-state index is -0.464. The fraction of sp³-hybridized carbons (Fsp3) is 0.571. The van der Waals surface area contributed by atoms with Crippen molar-refractivity contribution in [2.45, 2.75) is 38.8 Å². The lowest BCUT2D eigenvalue weighted by Gasteiger charge is -2.34. The first kappa shape index (κ1) is 25.1. The minimum absolute atomic E-state index is 0.0208. The molecule has 0 bridgehead atoms. The van der Waals surface area contributed by atoms with Gasteiger partial charge in [0, 0.05) is 32.5 Å². The Morgan fingerprint density at radius 3 is 2.47 bits per heavy atom. The third kappa shape index (κ3) is 6.16. The molecule has 0 aromatic carbocycles. The summed E-state index contributed by atoms with van der Waals surface area (Å²) in [4.78, 5) is 46.3. The summed E-state index contributed by atoms with van der Waals surface area (Å²) in [7, 11) is 5.66. The quantitative estimate of drug-likeness (QED) is 0.634. The standard InChI is InChI=1S/C20H30N6O3.CH2O2/c1-13(2)16(23-18(27)17-21-8-11-25(17)4)19-22-15(12-29-19)20(28)26(5)14-6-9-24(3)10-7-14;2-1-3/h8,11-14,16H,6-7,9-10H2,1-5H3,(H,23,27);1H,(H,2,3)/t16-;/m0./s1. The SMILES string of the molecule is CC(C)[C@H](NC(=O)c1nccn1C)c1nc(C(=O)N(C)C2CCN(C)CC2)co1.O=CO. The van der Waals surface area contributed by atoms with E-state index in [4.69, 9.17) is 14.3 Å². The van der Waals surface area contributed by atoms with Gasteiger partial charge < -0.3 is 29.2 Å². The average molecular weight is 449 g/mol. The topological polar surface area (TPSA) is 134 Å². The highest BCUT2D eigenvalue weighted by atomic mass is 16.3. The molecule has 2 aromatic heterocycles. The fourth-order valence-corrected chi connectivity index (χ4v) is 3.56. The van der Waals surface area contributed by atoms with Crippen LogP contribution in [0.1, 0.15) is 59.7 Å². The van der Waals surface area contributed by atoms with E-state index in [1.54, 1.807) is 28.9 Å². The van der Waals surface area contributed by atoms with Gasteiger partial charge in [-0.15, -0.1) is 0 Å². The van der Waals surface area contributed by atoms with Crippen LogP contribution in [0.3, 0.4) is 0 Å². The number of carboxylic acid groups (broad SMARTS) is 1. The third-order valence-corrected chi connectivity index (χ3v) is 5.54. The van der Waals surface area contributed by atoms with Crippen LogP contribution in [0.15, 0.2) is 23.1 Å². The Labute approximate surface area is 187 Å². The molecule has 0 spiro atoms. The highest BCUT2D eigenvalue weighted by molar-refractivity contribution is 5.92. The van der Waals surface area contributed by atoms with Crippen LogP contribution in [-0.4, -0.2) is 81.0 Å². The first-order valence-electron chi connectivity index (χ1n) is 10.5. The Kier molecular flexibility index (Phi) is 8.94. The molecule has 1 aliphatic heterocycles. The van der Waals surface area contributed by atoms with Crippen LogP contribution in [0.2, 0.25) is 0 Å². The van der Waals surface area contributed by atoms with E-state index in [0.29, 0.717) is 11.7 Å². The molecule has 11 heteroatoms. The molecular weight excluding hydrogens is 416 g/mol. The van der Waals surface area contributed by atoms with Crippen LogP contribution >= 0.6 is 0 Å². The normalized spacial score (nSPS) is 15.6. The van der Waals surface area contributed by atoms with Gasteiger partial charge >= 0.3 is 0 Å². The van der Waals surface area contributed by atoms with Gasteiger partial charge in [0.05, 0.1) is 0 Å². The number of hydrogen-bond acceptors (Lipinski definition) is 7. The molecule has 11 nitrogen and oxygen atoms in total. The van der Waals surface area contributed by atoms with Crippen molar-refractivity contribution in [3.8, 4) is 0 Å². The summed E-state index contributed by atoms with van der Waals surface area (Å²) in [6, 6.07) is -0.266. The summed E-state index contributed by atoms with van der Waals surface area (Å²) in [6.45, 7) is 5.61. The summed E-state index contributed by atoms with van der Waals surface area (Å²) in [6.07, 6.45) is 6.54. The Morgan fingerprint density at radius 1 is 1.31 bits per heavy atom. The molecule has 2 N–H and O–H groups in total. The first-order valence-corrected chi connectivity index (χ1v) is 10.5. The van der Waals surface area contributed by atoms with Crippen LogP contribution in [0.25, 0.3) is 0 Å². The molecule has 1 saturated heterocycles. The van der Waals surface area contributed by atoms with E-state index < -0.39 is 6.04 Å². The van der Waals surface area contributed by atoms with Gasteiger partial charge in [-0.3, -0.25) is 14.4 Å². The van der Waals surface area contributed by atoms with Crippen molar-refractivity contribution >= 4 is 18.3 Å². The van der Waals surface area contributed by atoms with E-state index in [9.17, 15) is 9.59 Å². The predicted octanol–water partition coefficient (Wildman–Crippen LogP) is 1.40. The second-order valence-corrected chi connectivity index (χ2v) is 8.18. The number of aromatic nitrogens is 3. The van der Waals surface area contributed by atoms with E-state index in [0.717, 1.165) is 25.9 Å². The fourth-order valence-electron chi connectivity index (χ4n) is 3.56. The number of rotatable bonds is 6. The van der Waals surface area contributed by atoms with Crippen molar-refractivity contribution < 1.29 is 23.9 Å². The van der Waals surface area contributed by atoms with Crippen molar-refractivity contribution in [2.24, 2.45) is 13.0 Å². The summed E-state index contributed by atoms with van der Waals surface area (Å²) in [5.74, 6) is 0.175. The molecule has 3 heterocycles. The molecule has 2 amide bonds. The van der Waals surface area contributed by atoms with Gasteiger partial charge in [0.2, 0.25) is 5.89 Å². The van der Waals surface area contributed by atoms with Crippen molar-refractivity contribution in [3.63, 3.8) is 0 Å². The monoisotopic (exact) mass is 448 g/mol. The van der Waals surface area contributed by atoms with Gasteiger partial charge in [0.15, 0.2) is 11.5 Å². The number of carbonyl (C=O) groups excluding carboxylic acids is 2. The van der Waals surface area contributed by atoms with E-state index in [2.05, 4.69) is 27.2 Å². The number of amides is 2. The van der Waals surface area contributed by atoms with Crippen molar-refractivity contribution in [1.29, 1.82) is 0 Å². The van der Waals surface area contributed by atoms with E-state index >= 15 is 0 Å². The highest BCUT2D eigenvalue weighted by Gasteiger charge is 2.29. The highest BCUT2D eigenvalue weighted by Crippen LogP contribution is 2.23. The van der Waals surface area contributed by atoms with Gasteiger partial charge in [-0.2, -0.15) is 0 Å². The van der Waals surface area contributed by atoms with Crippen LogP contribution in [-0.2, 0) is 11.8 Å². The average Bonchev–Trinajstić information content (AvgIpc) is 3.41. The number of imidazole rings is 1. The summed E-state index contributed by atoms with van der Waals surface area (Å²) in [5, 5.41) is 9.81. The Balaban J connectivity index is 0.00000114. The van der Waals surface area contributed by atoms with Crippen LogP contribution in [0, 0.1) is 5.92 Å². The summed E-state index contributed by atoms with van der Waals surface area (Å²) in [5.41, 5.74) is 0.262. The van der Waals surface area contributed by atoms with Crippen LogP contribution in [0.4, 0.5) is 0 Å². The van der Waals surface area contributed by atoms with Gasteiger partial charge in [0.1, 0.15) is 12.3 Å². The largest absolute Gasteiger partial charge is 0.483 e. The second kappa shape index (κ2) is 11.4. The molecule has 0 unspecified atom stereocenters. The van der Waals surface area contributed by atoms with Gasteiger partial charge in [0.25, 0.3) is 18.3 Å². The van der Waals surface area contributed by atoms with Gasteiger partial charge in [-0.25, -0.2) is 9.97 Å². The van der Waals surface area contributed by atoms with Crippen molar-refractivity contribution in [2.75, 3.05) is 27.2 Å². The lowest BCUT2D eigenvalue weighted by molar-refractivity contribution is -0.122. The zero-order valence-electron chi connectivity index (χ0n) is 19.2. The number of oxazole rings is 1. The molecular formula is C21H32N6O5. The molecule has 176 valence electrons. The number of likely N-dealkylation sites (tertiary alicyclic amines) is 1. The predicted molar refractivity (Wildman–Crippen MR) is 116 cm³/mol. The molecule has 0 aliphatic carbocycles. The van der Waals surface area contributed by atoms with Crippen molar-refractivity contribution in [1.82, 2.24) is 29.7 Å².